The second-order valence-corrected chi connectivity index (χ2v) is 6.07. The van der Waals surface area contributed by atoms with E-state index in [1.54, 1.807) is 19.4 Å². The number of carbonyl (C=O) groups excluding carboxylic acids is 1. The standard InChI is InChI=1S/C21H17N3O3/c1-13-12-22-20-15(9-6-10-17(20)26-2)19(13)23-21(25)18-11-16(24-27-18)14-7-4-3-5-8-14/h3-12H,1-2H3,(H,22,23,25). The molecule has 0 atom stereocenters. The highest BCUT2D eigenvalue weighted by Gasteiger charge is 2.17. The van der Waals surface area contributed by atoms with Gasteiger partial charge in [0.15, 0.2) is 0 Å². The van der Waals surface area contributed by atoms with Gasteiger partial charge in [-0.15, -0.1) is 0 Å². The molecule has 2 aromatic carbocycles. The van der Waals surface area contributed by atoms with Gasteiger partial charge in [0.2, 0.25) is 5.76 Å². The molecule has 27 heavy (non-hydrogen) atoms. The number of hydrogen-bond donors (Lipinski definition) is 1. The van der Waals surface area contributed by atoms with Crippen molar-refractivity contribution in [1.29, 1.82) is 0 Å². The minimum absolute atomic E-state index is 0.140. The summed E-state index contributed by atoms with van der Waals surface area (Å²) in [6, 6.07) is 16.8. The van der Waals surface area contributed by atoms with Crippen molar-refractivity contribution in [2.75, 3.05) is 12.4 Å². The maximum Gasteiger partial charge on any atom is 0.294 e. The lowest BCUT2D eigenvalue weighted by molar-refractivity contribution is 0.0988. The smallest absolute Gasteiger partial charge is 0.294 e. The van der Waals surface area contributed by atoms with E-state index in [0.29, 0.717) is 22.6 Å². The van der Waals surface area contributed by atoms with Crippen LogP contribution in [0.3, 0.4) is 0 Å². The summed E-state index contributed by atoms with van der Waals surface area (Å²) in [5.41, 5.74) is 3.69. The summed E-state index contributed by atoms with van der Waals surface area (Å²) in [5.74, 6) is 0.415. The van der Waals surface area contributed by atoms with Gasteiger partial charge in [-0.05, 0) is 18.6 Å². The molecule has 134 valence electrons. The molecule has 0 aliphatic heterocycles. The molecule has 0 unspecified atom stereocenters. The predicted octanol–water partition coefficient (Wildman–Crippen LogP) is 4.46. The number of fused-ring (bicyclic) bond motifs is 1. The van der Waals surface area contributed by atoms with Crippen LogP contribution in [0.5, 0.6) is 5.75 Å². The second-order valence-electron chi connectivity index (χ2n) is 6.07. The molecule has 0 aliphatic rings. The van der Waals surface area contributed by atoms with Gasteiger partial charge in [-0.2, -0.15) is 0 Å². The molecular formula is C21H17N3O3. The van der Waals surface area contributed by atoms with Crippen molar-refractivity contribution >= 4 is 22.5 Å². The molecule has 2 heterocycles. The number of amides is 1. The van der Waals surface area contributed by atoms with Crippen molar-refractivity contribution in [3.05, 3.63) is 72.1 Å². The quantitative estimate of drug-likeness (QED) is 0.582. The SMILES string of the molecule is COc1cccc2c(NC(=O)c3cc(-c4ccccc4)no3)c(C)cnc12. The molecule has 0 fully saturated rings. The van der Waals surface area contributed by atoms with Gasteiger partial charge in [-0.1, -0.05) is 47.6 Å². The Bertz CT molecular complexity index is 1120. The molecule has 0 bridgehead atoms. The molecule has 6 heteroatoms. The molecule has 1 N–H and O–H groups in total. The van der Waals surface area contributed by atoms with Crippen LogP contribution in [0.4, 0.5) is 5.69 Å². The maximum absolute atomic E-state index is 12.7. The lowest BCUT2D eigenvalue weighted by atomic mass is 10.1. The van der Waals surface area contributed by atoms with Gasteiger partial charge in [-0.3, -0.25) is 9.78 Å². The Hall–Kier alpha value is -3.67. The Balaban J connectivity index is 1.68. The van der Waals surface area contributed by atoms with E-state index in [0.717, 1.165) is 16.5 Å². The average Bonchev–Trinajstić information content (AvgIpc) is 3.20. The Morgan fingerprint density at radius 3 is 2.70 bits per heavy atom. The number of anilines is 1. The van der Waals surface area contributed by atoms with E-state index in [1.165, 1.54) is 0 Å². The van der Waals surface area contributed by atoms with Gasteiger partial charge in [0.1, 0.15) is 17.0 Å². The van der Waals surface area contributed by atoms with Crippen LogP contribution in [0, 0.1) is 6.92 Å². The molecule has 6 nitrogen and oxygen atoms in total. The third kappa shape index (κ3) is 3.13. The van der Waals surface area contributed by atoms with Crippen LogP contribution in [0.15, 0.2) is 65.3 Å². The Labute approximate surface area is 155 Å². The van der Waals surface area contributed by atoms with Gasteiger partial charge in [0.25, 0.3) is 5.91 Å². The summed E-state index contributed by atoms with van der Waals surface area (Å²) in [6.45, 7) is 1.89. The van der Waals surface area contributed by atoms with Gasteiger partial charge in [-0.25, -0.2) is 0 Å². The van der Waals surface area contributed by atoms with Crippen molar-refractivity contribution < 1.29 is 14.1 Å². The van der Waals surface area contributed by atoms with Crippen molar-refractivity contribution in [3.8, 4) is 17.0 Å². The first-order chi connectivity index (χ1) is 13.2. The number of ether oxygens (including phenoxy) is 1. The maximum atomic E-state index is 12.7. The summed E-state index contributed by atoms with van der Waals surface area (Å²) in [4.78, 5) is 17.1. The first-order valence-electron chi connectivity index (χ1n) is 8.43. The van der Waals surface area contributed by atoms with Crippen LogP contribution in [-0.2, 0) is 0 Å². The first kappa shape index (κ1) is 16.8. The van der Waals surface area contributed by atoms with E-state index in [9.17, 15) is 4.79 Å². The lowest BCUT2D eigenvalue weighted by Gasteiger charge is -2.12. The van der Waals surface area contributed by atoms with Crippen molar-refractivity contribution in [2.24, 2.45) is 0 Å². The zero-order chi connectivity index (χ0) is 18.8. The van der Waals surface area contributed by atoms with E-state index in [2.05, 4.69) is 15.5 Å². The van der Waals surface area contributed by atoms with Gasteiger partial charge < -0.3 is 14.6 Å². The summed E-state index contributed by atoms with van der Waals surface area (Å²) >= 11 is 0. The minimum Gasteiger partial charge on any atom is -0.494 e. The van der Waals surface area contributed by atoms with Crippen LogP contribution >= 0.6 is 0 Å². The number of hydrogen-bond acceptors (Lipinski definition) is 5. The number of rotatable bonds is 4. The van der Waals surface area contributed by atoms with Crippen LogP contribution < -0.4 is 10.1 Å². The van der Waals surface area contributed by atoms with Crippen LogP contribution in [0.25, 0.3) is 22.2 Å². The minimum atomic E-state index is -0.372. The summed E-state index contributed by atoms with van der Waals surface area (Å²) in [7, 11) is 1.59. The zero-order valence-electron chi connectivity index (χ0n) is 14.9. The highest BCUT2D eigenvalue weighted by molar-refractivity contribution is 6.09. The number of nitrogens with zero attached hydrogens (tertiary/aromatic N) is 2. The van der Waals surface area contributed by atoms with Crippen molar-refractivity contribution in [2.45, 2.75) is 6.92 Å². The highest BCUT2D eigenvalue weighted by atomic mass is 16.5. The molecule has 0 radical (unpaired) electrons. The zero-order valence-corrected chi connectivity index (χ0v) is 14.9. The highest BCUT2D eigenvalue weighted by Crippen LogP contribution is 2.31. The van der Waals surface area contributed by atoms with E-state index in [-0.39, 0.29) is 11.7 Å². The van der Waals surface area contributed by atoms with Crippen LogP contribution in [-0.4, -0.2) is 23.2 Å². The predicted molar refractivity (Wildman–Crippen MR) is 103 cm³/mol. The molecule has 0 aliphatic carbocycles. The molecule has 1 amide bonds. The number of benzene rings is 2. The normalized spacial score (nSPS) is 10.7. The number of nitrogens with one attached hydrogen (secondary N) is 1. The number of para-hydroxylation sites is 1. The fourth-order valence-electron chi connectivity index (χ4n) is 2.93. The van der Waals surface area contributed by atoms with E-state index in [4.69, 9.17) is 9.26 Å². The number of methoxy groups -OCH3 is 1. The molecule has 4 rings (SSSR count). The third-order valence-electron chi connectivity index (χ3n) is 4.31. The second kappa shape index (κ2) is 6.92. The molecule has 2 aromatic heterocycles. The fraction of sp³-hybridized carbons (Fsp3) is 0.0952. The molecular weight excluding hydrogens is 342 g/mol. The van der Waals surface area contributed by atoms with Crippen LogP contribution in [0.1, 0.15) is 16.1 Å². The molecule has 0 spiro atoms. The fourth-order valence-corrected chi connectivity index (χ4v) is 2.93. The largest absolute Gasteiger partial charge is 0.494 e. The van der Waals surface area contributed by atoms with Crippen molar-refractivity contribution in [3.63, 3.8) is 0 Å². The lowest BCUT2D eigenvalue weighted by Crippen LogP contribution is -2.12. The monoisotopic (exact) mass is 359 g/mol. The average molecular weight is 359 g/mol. The topological polar surface area (TPSA) is 77.2 Å². The third-order valence-corrected chi connectivity index (χ3v) is 4.31. The number of carbonyl (C=O) groups is 1. The number of aryl methyl sites for hydroxylation is 1. The van der Waals surface area contributed by atoms with E-state index < -0.39 is 0 Å². The van der Waals surface area contributed by atoms with Gasteiger partial charge in [0.05, 0.1) is 12.8 Å². The summed E-state index contributed by atoms with van der Waals surface area (Å²) in [6.07, 6.45) is 1.70. The first-order valence-corrected chi connectivity index (χ1v) is 8.43. The van der Waals surface area contributed by atoms with E-state index >= 15 is 0 Å². The summed E-state index contributed by atoms with van der Waals surface area (Å²) in [5, 5.41) is 7.71. The number of aromatic nitrogens is 2. The Morgan fingerprint density at radius 2 is 1.93 bits per heavy atom. The Kier molecular flexibility index (Phi) is 4.30. The van der Waals surface area contributed by atoms with Crippen molar-refractivity contribution in [1.82, 2.24) is 10.1 Å². The molecule has 4 aromatic rings. The number of pyridine rings is 1. The molecule has 0 saturated carbocycles. The van der Waals surface area contributed by atoms with Gasteiger partial charge in [0, 0.05) is 23.2 Å². The van der Waals surface area contributed by atoms with Crippen LogP contribution in [0.2, 0.25) is 0 Å². The van der Waals surface area contributed by atoms with E-state index in [1.807, 2.05) is 55.5 Å². The molecule has 0 saturated heterocycles. The Morgan fingerprint density at radius 1 is 1.11 bits per heavy atom. The summed E-state index contributed by atoms with van der Waals surface area (Å²) < 4.78 is 10.6. The van der Waals surface area contributed by atoms with Gasteiger partial charge >= 0.3 is 0 Å².